The van der Waals surface area contributed by atoms with E-state index >= 15 is 0 Å². The van der Waals surface area contributed by atoms with E-state index in [0.717, 1.165) is 38.8 Å². The fraction of sp³-hybridized carbons (Fsp3) is 0.500. The van der Waals surface area contributed by atoms with E-state index in [4.69, 9.17) is 10.6 Å². The molecule has 2 aromatic rings. The Hall–Kier alpha value is -2.22. The van der Waals surface area contributed by atoms with Crippen molar-refractivity contribution in [1.29, 1.82) is 0 Å². The van der Waals surface area contributed by atoms with Crippen LogP contribution < -0.4 is 26.7 Å². The lowest BCUT2D eigenvalue weighted by Crippen LogP contribution is -2.44. The van der Waals surface area contributed by atoms with Crippen molar-refractivity contribution in [2.45, 2.75) is 31.7 Å². The van der Waals surface area contributed by atoms with E-state index in [0.29, 0.717) is 15.9 Å². The fourth-order valence-corrected chi connectivity index (χ4v) is 3.54. The van der Waals surface area contributed by atoms with E-state index in [-0.39, 0.29) is 29.6 Å². The van der Waals surface area contributed by atoms with Crippen LogP contribution in [-0.4, -0.2) is 29.4 Å². The number of nitrogens with two attached hydrogens (primary N) is 1. The first kappa shape index (κ1) is 17.6. The summed E-state index contributed by atoms with van der Waals surface area (Å²) in [5, 5.41) is 0.0706. The highest BCUT2D eigenvalue weighted by Crippen LogP contribution is 2.42. The fourth-order valence-electron chi connectivity index (χ4n) is 3.54. The number of nitrogen functional groups attached to an aromatic ring is 1. The third kappa shape index (κ3) is 2.55. The molecule has 1 saturated carbocycles. The van der Waals surface area contributed by atoms with Gasteiger partial charge in [-0.25, -0.2) is 9.18 Å². The van der Waals surface area contributed by atoms with Crippen LogP contribution in [0.1, 0.15) is 31.7 Å². The van der Waals surface area contributed by atoms with Crippen LogP contribution in [0.2, 0.25) is 0 Å². The van der Waals surface area contributed by atoms with Gasteiger partial charge in [0.1, 0.15) is 11.2 Å². The SMILES string of the molecule is COc1c(N2CCCC2)c(F)cc2c(=O)n(N)c(=O)n(C3CC3)c12.Cl. The molecule has 7 nitrogen and oxygen atoms in total. The molecule has 0 spiro atoms. The molecule has 0 amide bonds. The van der Waals surface area contributed by atoms with Crippen molar-refractivity contribution >= 4 is 29.0 Å². The summed E-state index contributed by atoms with van der Waals surface area (Å²) < 4.78 is 22.3. The van der Waals surface area contributed by atoms with E-state index in [2.05, 4.69) is 0 Å². The maximum Gasteiger partial charge on any atom is 0.350 e. The first-order valence-corrected chi connectivity index (χ1v) is 8.12. The lowest BCUT2D eigenvalue weighted by molar-refractivity contribution is 0.413. The highest BCUT2D eigenvalue weighted by molar-refractivity contribution is 5.91. The molecule has 0 atom stereocenters. The van der Waals surface area contributed by atoms with Gasteiger partial charge in [-0.05, 0) is 31.7 Å². The molecule has 1 saturated heterocycles. The molecule has 9 heteroatoms. The second-order valence-corrected chi connectivity index (χ2v) is 6.39. The molecule has 1 aromatic carbocycles. The standard InChI is InChI=1S/C16H19FN4O3.ClH/c1-24-14-12-10(8-11(17)13(14)19-6-2-3-7-19)15(22)21(18)16(23)20(12)9-4-5-9;/h8-9H,2-7,18H2,1H3;1H. The van der Waals surface area contributed by atoms with Gasteiger partial charge in [0.2, 0.25) is 0 Å². The van der Waals surface area contributed by atoms with Crippen LogP contribution in [0, 0.1) is 5.82 Å². The summed E-state index contributed by atoms with van der Waals surface area (Å²) in [5.74, 6) is 5.33. The lowest BCUT2D eigenvalue weighted by Gasteiger charge is -2.24. The molecule has 4 rings (SSSR count). The smallest absolute Gasteiger partial charge is 0.350 e. The van der Waals surface area contributed by atoms with Gasteiger partial charge in [0.15, 0.2) is 11.6 Å². The zero-order chi connectivity index (χ0) is 17.0. The predicted molar refractivity (Wildman–Crippen MR) is 96.1 cm³/mol. The Balaban J connectivity index is 0.00000182. The summed E-state index contributed by atoms with van der Waals surface area (Å²) in [6.45, 7) is 1.45. The number of halogens is 2. The largest absolute Gasteiger partial charge is 0.492 e. The van der Waals surface area contributed by atoms with Crippen molar-refractivity contribution < 1.29 is 9.13 Å². The number of ether oxygens (including phenoxy) is 1. The number of nitrogens with zero attached hydrogens (tertiary/aromatic N) is 3. The highest BCUT2D eigenvalue weighted by atomic mass is 35.5. The van der Waals surface area contributed by atoms with Gasteiger partial charge in [0.05, 0.1) is 12.5 Å². The molecule has 1 aromatic heterocycles. The lowest BCUT2D eigenvalue weighted by atomic mass is 10.1. The maximum absolute atomic E-state index is 14.8. The second-order valence-electron chi connectivity index (χ2n) is 6.39. The van der Waals surface area contributed by atoms with Crippen LogP contribution >= 0.6 is 12.4 Å². The molecule has 0 bridgehead atoms. The predicted octanol–water partition coefficient (Wildman–Crippen LogP) is 1.38. The molecule has 1 aliphatic heterocycles. The first-order chi connectivity index (χ1) is 11.5. The topological polar surface area (TPSA) is 82.5 Å². The number of anilines is 1. The van der Waals surface area contributed by atoms with Crippen molar-refractivity contribution in [3.63, 3.8) is 0 Å². The van der Waals surface area contributed by atoms with Crippen LogP contribution in [0.3, 0.4) is 0 Å². The summed E-state index contributed by atoms with van der Waals surface area (Å²) >= 11 is 0. The Morgan fingerprint density at radius 3 is 2.44 bits per heavy atom. The summed E-state index contributed by atoms with van der Waals surface area (Å²) in [4.78, 5) is 26.8. The Kier molecular flexibility index (Phi) is 4.40. The minimum atomic E-state index is -0.711. The zero-order valence-electron chi connectivity index (χ0n) is 13.8. The van der Waals surface area contributed by atoms with Crippen molar-refractivity contribution in [3.8, 4) is 5.75 Å². The van der Waals surface area contributed by atoms with Crippen molar-refractivity contribution in [3.05, 3.63) is 32.7 Å². The summed E-state index contributed by atoms with van der Waals surface area (Å²) in [6, 6.07) is 1.15. The van der Waals surface area contributed by atoms with E-state index in [9.17, 15) is 14.0 Å². The highest BCUT2D eigenvalue weighted by Gasteiger charge is 2.32. The van der Waals surface area contributed by atoms with Gasteiger partial charge in [-0.2, -0.15) is 4.68 Å². The molecule has 0 radical (unpaired) electrons. The normalized spacial score (nSPS) is 17.0. The van der Waals surface area contributed by atoms with Gasteiger partial charge in [0.25, 0.3) is 5.56 Å². The van der Waals surface area contributed by atoms with E-state index in [1.807, 2.05) is 4.90 Å². The summed E-state index contributed by atoms with van der Waals surface area (Å²) in [5.41, 5.74) is -0.630. The van der Waals surface area contributed by atoms with E-state index < -0.39 is 17.1 Å². The van der Waals surface area contributed by atoms with E-state index in [1.165, 1.54) is 17.7 Å². The number of hydrogen-bond acceptors (Lipinski definition) is 5. The van der Waals surface area contributed by atoms with Crippen LogP contribution in [0.25, 0.3) is 10.9 Å². The van der Waals surface area contributed by atoms with Gasteiger partial charge in [0, 0.05) is 19.1 Å². The molecule has 136 valence electrons. The molecule has 2 aliphatic rings. The van der Waals surface area contributed by atoms with Crippen molar-refractivity contribution in [2.75, 3.05) is 30.9 Å². The van der Waals surface area contributed by atoms with Gasteiger partial charge in [-0.3, -0.25) is 9.36 Å². The third-order valence-corrected chi connectivity index (χ3v) is 4.82. The Morgan fingerprint density at radius 1 is 1.24 bits per heavy atom. The quantitative estimate of drug-likeness (QED) is 0.825. The Bertz CT molecular complexity index is 945. The van der Waals surface area contributed by atoms with E-state index in [1.54, 1.807) is 0 Å². The number of methoxy groups -OCH3 is 1. The number of benzene rings is 1. The maximum atomic E-state index is 14.8. The van der Waals surface area contributed by atoms with Crippen LogP contribution in [0.5, 0.6) is 5.75 Å². The average Bonchev–Trinajstić information content (AvgIpc) is 3.26. The summed E-state index contributed by atoms with van der Waals surface area (Å²) in [6.07, 6.45) is 3.60. The average molecular weight is 371 g/mol. The third-order valence-electron chi connectivity index (χ3n) is 4.82. The Labute approximate surface area is 149 Å². The van der Waals surface area contributed by atoms with Crippen LogP contribution in [0.4, 0.5) is 10.1 Å². The minimum Gasteiger partial charge on any atom is -0.492 e. The molecule has 0 unspecified atom stereocenters. The molecule has 1 aliphatic carbocycles. The monoisotopic (exact) mass is 370 g/mol. The van der Waals surface area contributed by atoms with Gasteiger partial charge >= 0.3 is 5.69 Å². The summed E-state index contributed by atoms with van der Waals surface area (Å²) in [7, 11) is 1.43. The Morgan fingerprint density at radius 2 is 1.88 bits per heavy atom. The second kappa shape index (κ2) is 6.25. The van der Waals surface area contributed by atoms with Gasteiger partial charge < -0.3 is 15.5 Å². The van der Waals surface area contributed by atoms with Crippen LogP contribution in [-0.2, 0) is 0 Å². The first-order valence-electron chi connectivity index (χ1n) is 8.12. The molecular formula is C16H20ClFN4O3. The molecule has 25 heavy (non-hydrogen) atoms. The molecule has 2 fully saturated rings. The molecular weight excluding hydrogens is 351 g/mol. The molecule has 2 heterocycles. The number of rotatable bonds is 3. The van der Waals surface area contributed by atoms with Crippen LogP contribution in [0.15, 0.2) is 15.7 Å². The molecule has 2 N–H and O–H groups in total. The number of hydrogen-bond donors (Lipinski definition) is 1. The van der Waals surface area contributed by atoms with Crippen molar-refractivity contribution in [1.82, 2.24) is 9.24 Å². The number of fused-ring (bicyclic) bond motifs is 1. The minimum absolute atomic E-state index is 0. The zero-order valence-corrected chi connectivity index (χ0v) is 14.6. The van der Waals surface area contributed by atoms with Gasteiger partial charge in [-0.1, -0.05) is 0 Å². The van der Waals surface area contributed by atoms with Gasteiger partial charge in [-0.15, -0.1) is 12.4 Å². The van der Waals surface area contributed by atoms with Crippen molar-refractivity contribution in [2.24, 2.45) is 0 Å². The number of aromatic nitrogens is 2.